The van der Waals surface area contributed by atoms with Crippen LogP contribution in [0.25, 0.3) is 0 Å². The minimum atomic E-state index is -0.755. The molecule has 2 aromatic carbocycles. The van der Waals surface area contributed by atoms with E-state index in [0.717, 1.165) is 14.9 Å². The molecule has 0 saturated heterocycles. The lowest BCUT2D eigenvalue weighted by atomic mass is 10.1. The first-order chi connectivity index (χ1) is 12.8. The summed E-state index contributed by atoms with van der Waals surface area (Å²) in [5.41, 5.74) is 0.827. The molecule has 0 spiro atoms. The third kappa shape index (κ3) is 3.59. The maximum atomic E-state index is 12.5. The number of anilines is 1. The number of amides is 3. The van der Waals surface area contributed by atoms with Crippen molar-refractivity contribution in [3.05, 3.63) is 67.7 Å². The molecule has 0 aliphatic carbocycles. The van der Waals surface area contributed by atoms with Crippen LogP contribution in [0.1, 0.15) is 32.7 Å². The van der Waals surface area contributed by atoms with E-state index in [0.29, 0.717) is 5.69 Å². The van der Waals surface area contributed by atoms with Crippen LogP contribution in [-0.2, 0) is 4.79 Å². The van der Waals surface area contributed by atoms with Gasteiger partial charge in [-0.2, -0.15) is 0 Å². The van der Waals surface area contributed by atoms with Crippen LogP contribution in [0.4, 0.5) is 11.4 Å². The number of nitrogens with zero attached hydrogens (tertiary/aromatic N) is 2. The maximum absolute atomic E-state index is 12.5. The first-order valence-electron chi connectivity index (χ1n) is 7.99. The zero-order valence-corrected chi connectivity index (χ0v) is 15.8. The van der Waals surface area contributed by atoms with Crippen molar-refractivity contribution < 1.29 is 19.3 Å². The topological polar surface area (TPSA) is 110 Å². The van der Waals surface area contributed by atoms with Gasteiger partial charge in [0.25, 0.3) is 17.5 Å². The molecule has 138 valence electrons. The molecule has 1 aliphatic rings. The van der Waals surface area contributed by atoms with Crippen molar-refractivity contribution in [3.8, 4) is 0 Å². The summed E-state index contributed by atoms with van der Waals surface area (Å²) in [7, 11) is 0. The molecule has 1 heterocycles. The normalized spacial score (nSPS) is 12.9. The number of fused-ring (bicyclic) bond motifs is 1. The molecule has 3 rings (SSSR count). The molecule has 3 amide bonds. The van der Waals surface area contributed by atoms with Crippen LogP contribution in [0.5, 0.6) is 0 Å². The summed E-state index contributed by atoms with van der Waals surface area (Å²) in [6.45, 7) is 1.68. The van der Waals surface area contributed by atoms with Gasteiger partial charge in [-0.25, -0.2) is 0 Å². The smallest absolute Gasteiger partial charge is 0.282 e. The Morgan fingerprint density at radius 1 is 1.22 bits per heavy atom. The van der Waals surface area contributed by atoms with E-state index in [1.54, 1.807) is 12.1 Å². The third-order valence-corrected chi connectivity index (χ3v) is 4.69. The lowest BCUT2D eigenvalue weighted by molar-refractivity contribution is -0.385. The van der Waals surface area contributed by atoms with Gasteiger partial charge in [-0.1, -0.05) is 22.0 Å². The Bertz CT molecular complexity index is 989. The van der Waals surface area contributed by atoms with Crippen LogP contribution >= 0.6 is 15.9 Å². The molecule has 0 fully saturated rings. The minimum absolute atomic E-state index is 0.0154. The van der Waals surface area contributed by atoms with Gasteiger partial charge in [0.15, 0.2) is 0 Å². The number of aryl methyl sites for hydroxylation is 1. The molecule has 0 bridgehead atoms. The summed E-state index contributed by atoms with van der Waals surface area (Å²) in [5, 5.41) is 13.8. The number of benzene rings is 2. The molecule has 0 aromatic heterocycles. The van der Waals surface area contributed by atoms with Gasteiger partial charge in [0.1, 0.15) is 5.56 Å². The van der Waals surface area contributed by atoms with Crippen LogP contribution in [0.2, 0.25) is 0 Å². The van der Waals surface area contributed by atoms with Crippen LogP contribution in [-0.4, -0.2) is 34.1 Å². The second-order valence-electron chi connectivity index (χ2n) is 5.98. The molecule has 0 radical (unpaired) electrons. The number of nitro benzene ring substituents is 1. The van der Waals surface area contributed by atoms with Gasteiger partial charge in [0, 0.05) is 29.2 Å². The van der Waals surface area contributed by atoms with Crippen LogP contribution < -0.4 is 5.32 Å². The fourth-order valence-corrected chi connectivity index (χ4v) is 3.34. The minimum Gasteiger partial charge on any atom is -0.326 e. The Morgan fingerprint density at radius 3 is 2.63 bits per heavy atom. The highest BCUT2D eigenvalue weighted by Crippen LogP contribution is 2.30. The molecule has 27 heavy (non-hydrogen) atoms. The molecule has 0 atom stereocenters. The van der Waals surface area contributed by atoms with Gasteiger partial charge >= 0.3 is 0 Å². The number of carbonyl (C=O) groups excluding carboxylic acids is 3. The SMILES string of the molecule is Cc1cc(Br)ccc1NC(=O)CCN1C(=O)c2cccc([N+](=O)[O-])c2C1=O. The van der Waals surface area contributed by atoms with Crippen LogP contribution in [0.3, 0.4) is 0 Å². The predicted molar refractivity (Wildman–Crippen MR) is 101 cm³/mol. The second-order valence-corrected chi connectivity index (χ2v) is 6.89. The summed E-state index contributed by atoms with van der Waals surface area (Å²) in [5.74, 6) is -1.76. The van der Waals surface area contributed by atoms with Crippen molar-refractivity contribution in [2.24, 2.45) is 0 Å². The summed E-state index contributed by atoms with van der Waals surface area (Å²) >= 11 is 3.34. The average Bonchev–Trinajstić information content (AvgIpc) is 2.86. The zero-order chi connectivity index (χ0) is 19.7. The number of hydrogen-bond donors (Lipinski definition) is 1. The van der Waals surface area contributed by atoms with E-state index in [1.807, 2.05) is 13.0 Å². The molecule has 9 heteroatoms. The van der Waals surface area contributed by atoms with E-state index in [2.05, 4.69) is 21.2 Å². The summed E-state index contributed by atoms with van der Waals surface area (Å²) in [6.07, 6.45) is -0.116. The van der Waals surface area contributed by atoms with Gasteiger partial charge < -0.3 is 5.32 Å². The van der Waals surface area contributed by atoms with Gasteiger partial charge in [0.2, 0.25) is 5.91 Å². The lowest BCUT2D eigenvalue weighted by Crippen LogP contribution is -2.33. The number of hydrogen-bond acceptors (Lipinski definition) is 5. The maximum Gasteiger partial charge on any atom is 0.282 e. The van der Waals surface area contributed by atoms with E-state index >= 15 is 0 Å². The van der Waals surface area contributed by atoms with E-state index in [-0.39, 0.29) is 30.0 Å². The van der Waals surface area contributed by atoms with Crippen LogP contribution in [0.15, 0.2) is 40.9 Å². The largest absolute Gasteiger partial charge is 0.326 e. The molecular weight excluding hydrogens is 418 g/mol. The van der Waals surface area contributed by atoms with E-state index in [9.17, 15) is 24.5 Å². The molecule has 1 N–H and O–H groups in total. The van der Waals surface area contributed by atoms with E-state index in [1.165, 1.54) is 18.2 Å². The molecule has 8 nitrogen and oxygen atoms in total. The number of rotatable bonds is 5. The molecular formula is C18H14BrN3O5. The Morgan fingerprint density at radius 2 is 1.96 bits per heavy atom. The monoisotopic (exact) mass is 431 g/mol. The Hall–Kier alpha value is -3.07. The Labute approximate surface area is 162 Å². The van der Waals surface area contributed by atoms with Crippen molar-refractivity contribution >= 4 is 45.0 Å². The van der Waals surface area contributed by atoms with Gasteiger partial charge in [-0.3, -0.25) is 29.4 Å². The highest BCUT2D eigenvalue weighted by Gasteiger charge is 2.40. The summed E-state index contributed by atoms with van der Waals surface area (Å²) in [4.78, 5) is 48.3. The number of halogens is 1. The number of nitrogens with one attached hydrogen (secondary N) is 1. The van der Waals surface area contributed by atoms with Gasteiger partial charge in [-0.15, -0.1) is 0 Å². The van der Waals surface area contributed by atoms with Crippen molar-refractivity contribution in [1.29, 1.82) is 0 Å². The van der Waals surface area contributed by atoms with Crippen LogP contribution in [0, 0.1) is 17.0 Å². The summed E-state index contributed by atoms with van der Waals surface area (Å²) in [6, 6.07) is 9.27. The fraction of sp³-hybridized carbons (Fsp3) is 0.167. The van der Waals surface area contributed by atoms with Crippen molar-refractivity contribution in [3.63, 3.8) is 0 Å². The Kier molecular flexibility index (Phi) is 5.04. The Balaban J connectivity index is 1.71. The average molecular weight is 432 g/mol. The quantitative estimate of drug-likeness (QED) is 0.443. The predicted octanol–water partition coefficient (Wildman–Crippen LogP) is 3.29. The first-order valence-corrected chi connectivity index (χ1v) is 8.78. The lowest BCUT2D eigenvalue weighted by Gasteiger charge is -2.14. The molecule has 0 saturated carbocycles. The standard InChI is InChI=1S/C18H14BrN3O5/c1-10-9-11(19)5-6-13(10)20-15(23)7-8-21-17(24)12-3-2-4-14(22(26)27)16(12)18(21)25/h2-6,9H,7-8H2,1H3,(H,20,23). The van der Waals surface area contributed by atoms with Gasteiger partial charge in [-0.05, 0) is 36.8 Å². The number of imide groups is 1. The van der Waals surface area contributed by atoms with Crippen molar-refractivity contribution in [1.82, 2.24) is 4.90 Å². The fourth-order valence-electron chi connectivity index (χ4n) is 2.86. The summed E-state index contributed by atoms with van der Waals surface area (Å²) < 4.78 is 0.880. The molecule has 2 aromatic rings. The van der Waals surface area contributed by atoms with E-state index < -0.39 is 22.4 Å². The molecule has 1 aliphatic heterocycles. The highest BCUT2D eigenvalue weighted by molar-refractivity contribution is 9.10. The highest BCUT2D eigenvalue weighted by atomic mass is 79.9. The van der Waals surface area contributed by atoms with Crippen molar-refractivity contribution in [2.45, 2.75) is 13.3 Å². The zero-order valence-electron chi connectivity index (χ0n) is 14.2. The number of nitro groups is 1. The van der Waals surface area contributed by atoms with Crippen molar-refractivity contribution in [2.75, 3.05) is 11.9 Å². The van der Waals surface area contributed by atoms with E-state index in [4.69, 9.17) is 0 Å². The van der Waals surface area contributed by atoms with Gasteiger partial charge in [0.05, 0.1) is 10.5 Å². The number of carbonyl (C=O) groups is 3. The first kappa shape index (κ1) is 18.7. The second kappa shape index (κ2) is 7.28. The molecule has 0 unspecified atom stereocenters. The third-order valence-electron chi connectivity index (χ3n) is 4.20.